The van der Waals surface area contributed by atoms with Crippen molar-refractivity contribution >= 4 is 34.4 Å². The number of fused-ring (bicyclic) bond motifs is 1. The number of hydrogen-bond acceptors (Lipinski definition) is 6. The summed E-state index contributed by atoms with van der Waals surface area (Å²) in [6, 6.07) is 20.5. The van der Waals surface area contributed by atoms with Crippen LogP contribution in [-0.4, -0.2) is 39.2 Å². The highest BCUT2D eigenvalue weighted by Gasteiger charge is 2.30. The molecule has 9 nitrogen and oxygen atoms in total. The molecule has 5 rings (SSSR count). The Morgan fingerprint density at radius 3 is 2.36 bits per heavy atom. The van der Waals surface area contributed by atoms with Crippen LogP contribution in [0.5, 0.6) is 0 Å². The second kappa shape index (κ2) is 14.6. The summed E-state index contributed by atoms with van der Waals surface area (Å²) in [6.07, 6.45) is 0.668. The third-order valence-corrected chi connectivity index (χ3v) is 7.34. The predicted molar refractivity (Wildman–Crippen MR) is 171 cm³/mol. The lowest BCUT2D eigenvalue weighted by atomic mass is 10.0. The average Bonchev–Trinajstić information content (AvgIpc) is 3.08. The molecule has 240 valence electrons. The van der Waals surface area contributed by atoms with Gasteiger partial charge in [0, 0.05) is 41.9 Å². The number of nitrogens with one attached hydrogen (secondary N) is 3. The van der Waals surface area contributed by atoms with Gasteiger partial charge in [-0.2, -0.15) is 13.2 Å². The molecule has 2 aromatic carbocycles. The van der Waals surface area contributed by atoms with E-state index in [0.717, 1.165) is 25.0 Å². The van der Waals surface area contributed by atoms with Gasteiger partial charge in [0.15, 0.2) is 0 Å². The lowest BCUT2D eigenvalue weighted by Crippen LogP contribution is -2.38. The zero-order valence-corrected chi connectivity index (χ0v) is 25.3. The van der Waals surface area contributed by atoms with E-state index in [-0.39, 0.29) is 35.4 Å². The maximum atomic E-state index is 13.3. The second-order valence-corrected chi connectivity index (χ2v) is 10.7. The number of alkyl halides is 3. The zero-order valence-electron chi connectivity index (χ0n) is 25.3. The first-order chi connectivity index (χ1) is 22.6. The lowest BCUT2D eigenvalue weighted by Gasteiger charge is -2.19. The summed E-state index contributed by atoms with van der Waals surface area (Å²) in [5.41, 5.74) is 1.41. The van der Waals surface area contributed by atoms with Crippen LogP contribution in [0.1, 0.15) is 64.2 Å². The monoisotopic (exact) mass is 640 g/mol. The number of unbranched alkanes of at least 4 members (excludes halogenated alkanes) is 1. The minimum atomic E-state index is -4.48. The van der Waals surface area contributed by atoms with Crippen LogP contribution in [0.4, 0.5) is 19.0 Å². The Morgan fingerprint density at radius 2 is 1.64 bits per heavy atom. The number of carbonyl (C=O) groups excluding carboxylic acids is 3. The van der Waals surface area contributed by atoms with Crippen molar-refractivity contribution in [3.8, 4) is 11.3 Å². The smallest absolute Gasteiger partial charge is 0.354 e. The van der Waals surface area contributed by atoms with E-state index in [1.54, 1.807) is 54.7 Å². The van der Waals surface area contributed by atoms with Crippen molar-refractivity contribution in [3.05, 3.63) is 120 Å². The molecule has 3 heterocycles. The molecule has 0 aliphatic heterocycles. The first-order valence-corrected chi connectivity index (χ1v) is 15.0. The first kappa shape index (κ1) is 32.7. The fraction of sp³-hybridized carbons (Fsp3) is 0.200. The number of aromatic nitrogens is 3. The van der Waals surface area contributed by atoms with Gasteiger partial charge in [-0.25, -0.2) is 4.98 Å². The summed E-state index contributed by atoms with van der Waals surface area (Å²) in [5.74, 6) is -0.773. The number of amides is 3. The van der Waals surface area contributed by atoms with Crippen LogP contribution in [0.2, 0.25) is 0 Å². The Morgan fingerprint density at radius 1 is 0.851 bits per heavy atom. The highest BCUT2D eigenvalue weighted by atomic mass is 19.4. The highest BCUT2D eigenvalue weighted by molar-refractivity contribution is 6.08. The van der Waals surface area contributed by atoms with E-state index in [4.69, 9.17) is 0 Å². The van der Waals surface area contributed by atoms with Gasteiger partial charge in [-0.1, -0.05) is 31.5 Å². The largest absolute Gasteiger partial charge is 0.416 e. The summed E-state index contributed by atoms with van der Waals surface area (Å²) in [5, 5.41) is 9.19. The summed E-state index contributed by atoms with van der Waals surface area (Å²) in [4.78, 5) is 51.8. The molecule has 3 aromatic heterocycles. The molecule has 0 radical (unpaired) electrons. The number of rotatable bonds is 11. The van der Waals surface area contributed by atoms with Crippen LogP contribution in [0.3, 0.4) is 0 Å². The minimum Gasteiger partial charge on any atom is -0.354 e. The molecule has 0 spiro atoms. The SMILES string of the molecule is CCCCC(=O)NC[C@H](NC(=O)c1ccc2nc(NC(=O)c3cccnc3-c3ccc(C(F)(F)F)cc3)ccc2c1)c1ccccn1. The molecule has 0 fully saturated rings. The van der Waals surface area contributed by atoms with E-state index >= 15 is 0 Å². The highest BCUT2D eigenvalue weighted by Crippen LogP contribution is 2.31. The number of hydrogen-bond donors (Lipinski definition) is 3. The molecule has 0 unspecified atom stereocenters. The Kier molecular flexibility index (Phi) is 10.2. The van der Waals surface area contributed by atoms with Crippen molar-refractivity contribution in [3.63, 3.8) is 0 Å². The van der Waals surface area contributed by atoms with Crippen LogP contribution in [0.25, 0.3) is 22.2 Å². The molecule has 0 bridgehead atoms. The number of pyridine rings is 3. The van der Waals surface area contributed by atoms with Gasteiger partial charge in [0.2, 0.25) is 5.91 Å². The van der Waals surface area contributed by atoms with E-state index in [9.17, 15) is 27.6 Å². The summed E-state index contributed by atoms with van der Waals surface area (Å²) in [7, 11) is 0. The number of halogens is 3. The van der Waals surface area contributed by atoms with Gasteiger partial charge in [0.25, 0.3) is 11.8 Å². The van der Waals surface area contributed by atoms with E-state index in [2.05, 4.69) is 30.9 Å². The third kappa shape index (κ3) is 8.34. The zero-order chi connectivity index (χ0) is 33.4. The van der Waals surface area contributed by atoms with Crippen molar-refractivity contribution < 1.29 is 27.6 Å². The van der Waals surface area contributed by atoms with Crippen LogP contribution in [-0.2, 0) is 11.0 Å². The molecule has 0 aliphatic rings. The molecule has 5 aromatic rings. The normalized spacial score (nSPS) is 11.9. The molecule has 0 saturated carbocycles. The Bertz CT molecular complexity index is 1880. The Hall–Kier alpha value is -5.65. The van der Waals surface area contributed by atoms with Crippen LogP contribution in [0.15, 0.2) is 97.3 Å². The summed E-state index contributed by atoms with van der Waals surface area (Å²) in [6.45, 7) is 2.19. The van der Waals surface area contributed by atoms with Gasteiger partial charge in [-0.15, -0.1) is 0 Å². The van der Waals surface area contributed by atoms with Gasteiger partial charge in [-0.05, 0) is 73.2 Å². The van der Waals surface area contributed by atoms with E-state index in [1.165, 1.54) is 24.4 Å². The van der Waals surface area contributed by atoms with Gasteiger partial charge < -0.3 is 16.0 Å². The van der Waals surface area contributed by atoms with E-state index in [0.29, 0.717) is 34.1 Å². The number of nitrogens with zero attached hydrogens (tertiary/aromatic N) is 3. The van der Waals surface area contributed by atoms with Crippen LogP contribution >= 0.6 is 0 Å². The van der Waals surface area contributed by atoms with Gasteiger partial charge in [-0.3, -0.25) is 24.4 Å². The van der Waals surface area contributed by atoms with Crippen molar-refractivity contribution in [1.82, 2.24) is 25.6 Å². The maximum Gasteiger partial charge on any atom is 0.416 e. The Labute approximate surface area is 268 Å². The molecule has 12 heteroatoms. The molecule has 47 heavy (non-hydrogen) atoms. The van der Waals surface area contributed by atoms with Gasteiger partial charge >= 0.3 is 6.18 Å². The second-order valence-electron chi connectivity index (χ2n) is 10.7. The molecule has 0 saturated heterocycles. The maximum absolute atomic E-state index is 13.3. The van der Waals surface area contributed by atoms with Crippen molar-refractivity contribution in [2.75, 3.05) is 11.9 Å². The molecule has 3 amide bonds. The fourth-order valence-corrected chi connectivity index (χ4v) is 4.85. The van der Waals surface area contributed by atoms with Crippen molar-refractivity contribution in [1.29, 1.82) is 0 Å². The minimum absolute atomic E-state index is 0.0963. The summed E-state index contributed by atoms with van der Waals surface area (Å²) < 4.78 is 39.1. The quantitative estimate of drug-likeness (QED) is 0.147. The molecular formula is C35H31F3N6O3. The topological polar surface area (TPSA) is 126 Å². The predicted octanol–water partition coefficient (Wildman–Crippen LogP) is 6.74. The fourth-order valence-electron chi connectivity index (χ4n) is 4.85. The molecule has 1 atom stereocenters. The number of benzene rings is 2. The van der Waals surface area contributed by atoms with E-state index < -0.39 is 23.7 Å². The van der Waals surface area contributed by atoms with Gasteiger partial charge in [0.05, 0.1) is 34.1 Å². The van der Waals surface area contributed by atoms with Crippen molar-refractivity contribution in [2.45, 2.75) is 38.4 Å². The van der Waals surface area contributed by atoms with Crippen LogP contribution < -0.4 is 16.0 Å². The summed E-state index contributed by atoms with van der Waals surface area (Å²) >= 11 is 0. The standard InChI is InChI=1S/C35H31F3N6O3/c1-2-3-9-31(45)41-21-29(28-8-4-5-18-39-28)43-33(46)24-12-16-27-23(20-24)13-17-30(42-27)44-34(47)26-7-6-19-40-32(26)22-10-14-25(15-11-22)35(36,37)38/h4-8,10-20,29H,2-3,9,21H2,1H3,(H,41,45)(H,43,46)(H,42,44,47)/t29-/m0/s1. The first-order valence-electron chi connectivity index (χ1n) is 15.0. The lowest BCUT2D eigenvalue weighted by molar-refractivity contribution is -0.137. The number of anilines is 1. The van der Waals surface area contributed by atoms with Gasteiger partial charge in [0.1, 0.15) is 5.82 Å². The third-order valence-electron chi connectivity index (χ3n) is 7.34. The average molecular weight is 641 g/mol. The van der Waals surface area contributed by atoms with Crippen molar-refractivity contribution in [2.24, 2.45) is 0 Å². The molecule has 0 aliphatic carbocycles. The van der Waals surface area contributed by atoms with Crippen LogP contribution in [0, 0.1) is 0 Å². The molecule has 3 N–H and O–H groups in total. The number of carbonyl (C=O) groups is 3. The molecular weight excluding hydrogens is 609 g/mol. The Balaban J connectivity index is 1.29. The van der Waals surface area contributed by atoms with E-state index in [1.807, 2.05) is 13.0 Å².